The van der Waals surface area contributed by atoms with Gasteiger partial charge in [-0.2, -0.15) is 4.98 Å². The maximum atomic E-state index is 6.35. The summed E-state index contributed by atoms with van der Waals surface area (Å²) in [6.45, 7) is 5.41. The second-order valence-corrected chi connectivity index (χ2v) is 8.93. The van der Waals surface area contributed by atoms with Crippen LogP contribution >= 0.6 is 23.8 Å². The molecule has 0 amide bonds. The van der Waals surface area contributed by atoms with E-state index >= 15 is 0 Å². The van der Waals surface area contributed by atoms with Crippen LogP contribution in [0.4, 0.5) is 23.1 Å². The largest absolute Gasteiger partial charge is 0.407 e. The van der Waals surface area contributed by atoms with Crippen LogP contribution in [-0.4, -0.2) is 60.0 Å². The Kier molecular flexibility index (Phi) is 8.25. The van der Waals surface area contributed by atoms with Crippen LogP contribution in [0.5, 0.6) is 5.75 Å². The van der Waals surface area contributed by atoms with Crippen LogP contribution < -0.4 is 19.5 Å². The van der Waals surface area contributed by atoms with Crippen LogP contribution in [0.3, 0.4) is 0 Å². The number of nitrogens with zero attached hydrogens (tertiary/aromatic N) is 4. The molecule has 8 nitrogen and oxygen atoms in total. The minimum absolute atomic E-state index is 0.416. The van der Waals surface area contributed by atoms with Gasteiger partial charge in [-0.3, -0.25) is 4.90 Å². The molecule has 1 saturated heterocycles. The number of aromatic nitrogens is 2. The first-order chi connectivity index (χ1) is 16.1. The molecule has 1 fully saturated rings. The molecule has 0 atom stereocenters. The van der Waals surface area contributed by atoms with E-state index in [1.165, 1.54) is 5.56 Å². The van der Waals surface area contributed by atoms with Crippen LogP contribution in [0.25, 0.3) is 0 Å². The maximum absolute atomic E-state index is 6.35. The van der Waals surface area contributed by atoms with Crippen molar-refractivity contribution in [3.8, 4) is 5.75 Å². The molecule has 0 bridgehead atoms. The highest BCUT2D eigenvalue weighted by atomic mass is 35.5. The van der Waals surface area contributed by atoms with Crippen LogP contribution in [0.15, 0.2) is 54.7 Å². The van der Waals surface area contributed by atoms with Crippen LogP contribution in [0.2, 0.25) is 5.02 Å². The molecular formula is C23H28ClN7OS. The molecule has 10 heteroatoms. The van der Waals surface area contributed by atoms with E-state index in [1.54, 1.807) is 13.2 Å². The molecular weight excluding hydrogens is 458 g/mol. The molecule has 2 heterocycles. The summed E-state index contributed by atoms with van der Waals surface area (Å²) in [5, 5.41) is 6.91. The van der Waals surface area contributed by atoms with E-state index in [4.69, 9.17) is 15.8 Å². The lowest BCUT2D eigenvalue weighted by Gasteiger charge is -2.32. The van der Waals surface area contributed by atoms with E-state index in [2.05, 4.69) is 66.4 Å². The predicted octanol–water partition coefficient (Wildman–Crippen LogP) is 4.53. The van der Waals surface area contributed by atoms with Crippen LogP contribution in [-0.2, 0) is 6.54 Å². The fraction of sp³-hybridized carbons (Fsp3) is 0.304. The smallest absolute Gasteiger partial charge is 0.229 e. The molecule has 2 aromatic carbocycles. The van der Waals surface area contributed by atoms with E-state index in [-0.39, 0.29) is 0 Å². The number of hydrogen-bond donors (Lipinski definition) is 3. The van der Waals surface area contributed by atoms with Crippen molar-refractivity contribution in [3.05, 3.63) is 65.3 Å². The zero-order valence-corrected chi connectivity index (χ0v) is 20.3. The number of hydrogen-bond acceptors (Lipinski definition) is 9. The van der Waals surface area contributed by atoms with Crippen molar-refractivity contribution in [1.82, 2.24) is 24.5 Å². The summed E-state index contributed by atoms with van der Waals surface area (Å²) in [5.74, 6) is 1.61. The van der Waals surface area contributed by atoms with Crippen molar-refractivity contribution in [2.24, 2.45) is 0 Å². The molecule has 0 unspecified atom stereocenters. The van der Waals surface area contributed by atoms with Gasteiger partial charge in [-0.15, -0.1) is 0 Å². The number of para-hydroxylation sites is 2. The lowest BCUT2D eigenvalue weighted by atomic mass is 10.2. The molecule has 4 rings (SSSR count). The van der Waals surface area contributed by atoms with E-state index in [0.717, 1.165) is 56.3 Å². The Bertz CT molecular complexity index is 1050. The second-order valence-electron chi connectivity index (χ2n) is 7.78. The van der Waals surface area contributed by atoms with Crippen LogP contribution in [0.1, 0.15) is 5.56 Å². The van der Waals surface area contributed by atoms with Crippen molar-refractivity contribution in [3.63, 3.8) is 0 Å². The van der Waals surface area contributed by atoms with Gasteiger partial charge in [0.2, 0.25) is 5.95 Å². The van der Waals surface area contributed by atoms with Crippen molar-refractivity contribution >= 4 is 47.0 Å². The SMILES string of the molecule is CNSOc1ccccc1Nc1nc(Nc2ccc(CN3CCN(C)CC3)cc2)ncc1Cl. The first-order valence-corrected chi connectivity index (χ1v) is 11.9. The zero-order chi connectivity index (χ0) is 23.0. The van der Waals surface area contributed by atoms with E-state index in [1.807, 2.05) is 24.3 Å². The summed E-state index contributed by atoms with van der Waals surface area (Å²) in [4.78, 5) is 13.7. The van der Waals surface area contributed by atoms with Gasteiger partial charge in [0, 0.05) is 38.4 Å². The van der Waals surface area contributed by atoms with Gasteiger partial charge in [0.05, 0.1) is 11.9 Å². The van der Waals surface area contributed by atoms with Gasteiger partial charge in [-0.05, 0) is 43.9 Å². The summed E-state index contributed by atoms with van der Waals surface area (Å²) in [5.41, 5.74) is 2.96. The third kappa shape index (κ3) is 6.72. The Balaban J connectivity index is 1.41. The average molecular weight is 486 g/mol. The summed E-state index contributed by atoms with van der Waals surface area (Å²) in [7, 11) is 3.96. The molecule has 0 saturated carbocycles. The Morgan fingerprint density at radius 2 is 1.79 bits per heavy atom. The maximum Gasteiger partial charge on any atom is 0.229 e. The van der Waals surface area contributed by atoms with Gasteiger partial charge in [0.15, 0.2) is 11.6 Å². The van der Waals surface area contributed by atoms with Crippen molar-refractivity contribution in [2.75, 3.05) is 50.9 Å². The highest BCUT2D eigenvalue weighted by molar-refractivity contribution is 7.93. The molecule has 1 aromatic heterocycles. The van der Waals surface area contributed by atoms with Gasteiger partial charge in [-0.1, -0.05) is 35.9 Å². The Morgan fingerprint density at radius 3 is 2.55 bits per heavy atom. The molecule has 0 spiro atoms. The summed E-state index contributed by atoms with van der Waals surface area (Å²) in [6.07, 6.45) is 1.58. The fourth-order valence-electron chi connectivity index (χ4n) is 3.46. The third-order valence-corrected chi connectivity index (χ3v) is 6.02. The number of piperazine rings is 1. The Hall–Kier alpha value is -2.56. The summed E-state index contributed by atoms with van der Waals surface area (Å²) in [6, 6.07) is 16.0. The molecule has 3 N–H and O–H groups in total. The highest BCUT2D eigenvalue weighted by Gasteiger charge is 2.14. The first kappa shape index (κ1) is 23.6. The lowest BCUT2D eigenvalue weighted by molar-refractivity contribution is 0.148. The van der Waals surface area contributed by atoms with E-state index < -0.39 is 0 Å². The number of halogens is 1. The molecule has 0 radical (unpaired) electrons. The Labute approximate surface area is 204 Å². The van der Waals surface area contributed by atoms with E-state index in [9.17, 15) is 0 Å². The molecule has 0 aliphatic carbocycles. The fourth-order valence-corrected chi connectivity index (χ4v) is 3.92. The number of nitrogens with one attached hydrogen (secondary N) is 3. The minimum atomic E-state index is 0.416. The lowest BCUT2D eigenvalue weighted by Crippen LogP contribution is -2.43. The van der Waals surface area contributed by atoms with Gasteiger partial charge in [-0.25, -0.2) is 9.71 Å². The molecule has 33 heavy (non-hydrogen) atoms. The van der Waals surface area contributed by atoms with Crippen molar-refractivity contribution in [2.45, 2.75) is 6.54 Å². The Morgan fingerprint density at radius 1 is 1.03 bits per heavy atom. The molecule has 1 aliphatic heterocycles. The first-order valence-electron chi connectivity index (χ1n) is 10.8. The number of likely N-dealkylation sites (N-methyl/N-ethyl adjacent to an activating group) is 1. The molecule has 3 aromatic rings. The quantitative estimate of drug-likeness (QED) is 0.299. The second kappa shape index (κ2) is 11.5. The van der Waals surface area contributed by atoms with Crippen LogP contribution in [0, 0.1) is 0 Å². The minimum Gasteiger partial charge on any atom is -0.407 e. The van der Waals surface area contributed by atoms with E-state index in [0.29, 0.717) is 22.5 Å². The monoisotopic (exact) mass is 485 g/mol. The standard InChI is InChI=1S/C23H28ClN7OS/c1-25-33-32-21-6-4-3-5-20(21)28-22-19(24)15-26-23(29-22)27-18-9-7-17(8-10-18)16-31-13-11-30(2)12-14-31/h3-10,15,25H,11-14,16H2,1-2H3,(H2,26,27,28,29). The van der Waals surface area contributed by atoms with Gasteiger partial charge < -0.3 is 19.7 Å². The zero-order valence-electron chi connectivity index (χ0n) is 18.7. The van der Waals surface area contributed by atoms with Crippen molar-refractivity contribution < 1.29 is 4.18 Å². The average Bonchev–Trinajstić information content (AvgIpc) is 2.83. The number of rotatable bonds is 9. The number of anilines is 4. The predicted molar refractivity (Wildman–Crippen MR) is 137 cm³/mol. The molecule has 174 valence electrons. The van der Waals surface area contributed by atoms with Gasteiger partial charge in [0.25, 0.3) is 0 Å². The normalized spacial score (nSPS) is 14.8. The van der Waals surface area contributed by atoms with Gasteiger partial charge >= 0.3 is 0 Å². The topological polar surface area (TPSA) is 77.6 Å². The molecule has 1 aliphatic rings. The number of benzene rings is 2. The highest BCUT2D eigenvalue weighted by Crippen LogP contribution is 2.31. The third-order valence-electron chi connectivity index (χ3n) is 5.31. The van der Waals surface area contributed by atoms with Crippen molar-refractivity contribution in [1.29, 1.82) is 0 Å². The summed E-state index contributed by atoms with van der Waals surface area (Å²) < 4.78 is 8.51. The summed E-state index contributed by atoms with van der Waals surface area (Å²) >= 11 is 7.48. The van der Waals surface area contributed by atoms with Gasteiger partial charge in [0.1, 0.15) is 17.3 Å².